The van der Waals surface area contributed by atoms with Crippen LogP contribution in [0.1, 0.15) is 30.5 Å². The van der Waals surface area contributed by atoms with E-state index in [0.717, 1.165) is 12.0 Å². The predicted octanol–water partition coefficient (Wildman–Crippen LogP) is 4.34. The highest BCUT2D eigenvalue weighted by Gasteiger charge is 2.06. The van der Waals surface area contributed by atoms with E-state index in [1.54, 1.807) is 19.1 Å². The van der Waals surface area contributed by atoms with Crippen molar-refractivity contribution in [3.8, 4) is 11.5 Å². The summed E-state index contributed by atoms with van der Waals surface area (Å²) < 4.78 is 18.9. The van der Waals surface area contributed by atoms with Crippen LogP contribution in [0, 0.1) is 12.7 Å². The van der Waals surface area contributed by atoms with Crippen molar-refractivity contribution in [1.82, 2.24) is 0 Å². The lowest BCUT2D eigenvalue weighted by Gasteiger charge is -2.12. The average Bonchev–Trinajstić information content (AvgIpc) is 2.42. The van der Waals surface area contributed by atoms with Crippen molar-refractivity contribution in [3.63, 3.8) is 0 Å². The van der Waals surface area contributed by atoms with Crippen molar-refractivity contribution in [2.45, 2.75) is 26.3 Å². The fourth-order valence-corrected chi connectivity index (χ4v) is 1.86. The zero-order chi connectivity index (χ0) is 13.8. The summed E-state index contributed by atoms with van der Waals surface area (Å²) in [6.07, 6.45) is 0.874. The van der Waals surface area contributed by atoms with E-state index in [2.05, 4.69) is 0 Å². The Bertz CT molecular complexity index is 568. The van der Waals surface area contributed by atoms with Crippen LogP contribution < -0.4 is 10.5 Å². The Morgan fingerprint density at radius 1 is 1.16 bits per heavy atom. The second-order valence-electron chi connectivity index (χ2n) is 4.60. The molecule has 0 aliphatic carbocycles. The summed E-state index contributed by atoms with van der Waals surface area (Å²) in [6, 6.07) is 12.4. The molecular weight excluding hydrogens is 241 g/mol. The zero-order valence-corrected chi connectivity index (χ0v) is 11.2. The number of hydrogen-bond acceptors (Lipinski definition) is 2. The molecule has 0 amide bonds. The Kier molecular flexibility index (Phi) is 4.17. The van der Waals surface area contributed by atoms with Crippen LogP contribution in [0.2, 0.25) is 0 Å². The van der Waals surface area contributed by atoms with Gasteiger partial charge in [-0.25, -0.2) is 4.39 Å². The molecule has 1 unspecified atom stereocenters. The maximum absolute atomic E-state index is 13.2. The van der Waals surface area contributed by atoms with E-state index in [9.17, 15) is 4.39 Å². The molecule has 2 rings (SSSR count). The summed E-state index contributed by atoms with van der Waals surface area (Å²) in [5.41, 5.74) is 7.60. The minimum Gasteiger partial charge on any atom is -0.457 e. The summed E-state index contributed by atoms with van der Waals surface area (Å²) in [6.45, 7) is 3.76. The van der Waals surface area contributed by atoms with E-state index in [1.165, 1.54) is 6.07 Å². The predicted molar refractivity (Wildman–Crippen MR) is 74.9 cm³/mol. The van der Waals surface area contributed by atoms with Gasteiger partial charge in [-0.2, -0.15) is 0 Å². The Labute approximate surface area is 113 Å². The molecule has 0 saturated carbocycles. The first-order chi connectivity index (χ1) is 9.10. The molecule has 0 saturated heterocycles. The molecule has 0 heterocycles. The Hall–Kier alpha value is -1.87. The summed E-state index contributed by atoms with van der Waals surface area (Å²) in [7, 11) is 0. The lowest BCUT2D eigenvalue weighted by atomic mass is 10.1. The van der Waals surface area contributed by atoms with Gasteiger partial charge in [-0.1, -0.05) is 19.1 Å². The molecule has 0 radical (unpaired) electrons. The van der Waals surface area contributed by atoms with E-state index in [0.29, 0.717) is 17.1 Å². The van der Waals surface area contributed by atoms with Gasteiger partial charge in [-0.15, -0.1) is 0 Å². The molecule has 2 nitrogen and oxygen atoms in total. The average molecular weight is 259 g/mol. The van der Waals surface area contributed by atoms with Crippen molar-refractivity contribution >= 4 is 0 Å². The summed E-state index contributed by atoms with van der Waals surface area (Å²) >= 11 is 0. The van der Waals surface area contributed by atoms with E-state index < -0.39 is 0 Å². The third kappa shape index (κ3) is 3.32. The molecule has 3 heteroatoms. The second-order valence-corrected chi connectivity index (χ2v) is 4.60. The lowest BCUT2D eigenvalue weighted by Crippen LogP contribution is -2.08. The summed E-state index contributed by atoms with van der Waals surface area (Å²) in [5, 5.41) is 0. The standard InChI is InChI=1S/C16H18FNO/c1-3-16(18)12-5-4-6-13(10-12)19-14-7-8-15(17)11(2)9-14/h4-10,16H,3,18H2,1-2H3. The second kappa shape index (κ2) is 5.85. The first kappa shape index (κ1) is 13.6. The maximum Gasteiger partial charge on any atom is 0.127 e. The first-order valence-corrected chi connectivity index (χ1v) is 6.39. The smallest absolute Gasteiger partial charge is 0.127 e. The van der Waals surface area contributed by atoms with Gasteiger partial charge < -0.3 is 10.5 Å². The van der Waals surface area contributed by atoms with E-state index >= 15 is 0 Å². The maximum atomic E-state index is 13.2. The quantitative estimate of drug-likeness (QED) is 0.886. The van der Waals surface area contributed by atoms with Crippen LogP contribution in [0.5, 0.6) is 11.5 Å². The molecule has 0 aliphatic heterocycles. The number of hydrogen-bond donors (Lipinski definition) is 1. The van der Waals surface area contributed by atoms with Crippen LogP contribution in [0.4, 0.5) is 4.39 Å². The van der Waals surface area contributed by atoms with Gasteiger partial charge in [0.25, 0.3) is 0 Å². The SMILES string of the molecule is CCC(N)c1cccc(Oc2ccc(F)c(C)c2)c1. The zero-order valence-electron chi connectivity index (χ0n) is 11.2. The van der Waals surface area contributed by atoms with Crippen LogP contribution in [-0.2, 0) is 0 Å². The molecular formula is C16H18FNO. The Morgan fingerprint density at radius 3 is 2.58 bits per heavy atom. The highest BCUT2D eigenvalue weighted by molar-refractivity contribution is 5.36. The van der Waals surface area contributed by atoms with Gasteiger partial charge in [-0.05, 0) is 54.8 Å². The van der Waals surface area contributed by atoms with Gasteiger partial charge in [0.15, 0.2) is 0 Å². The van der Waals surface area contributed by atoms with E-state index in [1.807, 2.05) is 31.2 Å². The fraction of sp³-hybridized carbons (Fsp3) is 0.250. The third-order valence-corrected chi connectivity index (χ3v) is 3.09. The molecule has 2 aromatic carbocycles. The van der Waals surface area contributed by atoms with Gasteiger partial charge in [0.2, 0.25) is 0 Å². The number of nitrogens with two attached hydrogens (primary N) is 1. The molecule has 100 valence electrons. The van der Waals surface area contributed by atoms with Gasteiger partial charge in [0, 0.05) is 6.04 Å². The number of benzene rings is 2. The Morgan fingerprint density at radius 2 is 1.89 bits per heavy atom. The Balaban J connectivity index is 2.20. The monoisotopic (exact) mass is 259 g/mol. The van der Waals surface area contributed by atoms with Gasteiger partial charge in [0.05, 0.1) is 0 Å². The van der Waals surface area contributed by atoms with Crippen molar-refractivity contribution in [3.05, 3.63) is 59.4 Å². The van der Waals surface area contributed by atoms with Crippen LogP contribution in [0.15, 0.2) is 42.5 Å². The molecule has 0 fully saturated rings. The molecule has 0 aliphatic rings. The van der Waals surface area contributed by atoms with Crippen molar-refractivity contribution in [2.24, 2.45) is 5.73 Å². The number of rotatable bonds is 4. The molecule has 2 N–H and O–H groups in total. The highest BCUT2D eigenvalue weighted by Crippen LogP contribution is 2.26. The fourth-order valence-electron chi connectivity index (χ4n) is 1.86. The van der Waals surface area contributed by atoms with Gasteiger partial charge in [0.1, 0.15) is 17.3 Å². The first-order valence-electron chi connectivity index (χ1n) is 6.39. The van der Waals surface area contributed by atoms with Crippen molar-refractivity contribution < 1.29 is 9.13 Å². The lowest BCUT2D eigenvalue weighted by molar-refractivity contribution is 0.478. The molecule has 0 bridgehead atoms. The van der Waals surface area contributed by atoms with Gasteiger partial charge in [-0.3, -0.25) is 0 Å². The third-order valence-electron chi connectivity index (χ3n) is 3.09. The van der Waals surface area contributed by atoms with Crippen LogP contribution in [-0.4, -0.2) is 0 Å². The molecule has 2 aromatic rings. The molecule has 19 heavy (non-hydrogen) atoms. The number of ether oxygens (including phenoxy) is 1. The molecule has 1 atom stereocenters. The molecule has 0 aromatic heterocycles. The highest BCUT2D eigenvalue weighted by atomic mass is 19.1. The minimum absolute atomic E-state index is 0.0125. The summed E-state index contributed by atoms with van der Waals surface area (Å²) in [5.74, 6) is 1.11. The largest absolute Gasteiger partial charge is 0.457 e. The van der Waals surface area contributed by atoms with Crippen LogP contribution in [0.25, 0.3) is 0 Å². The normalized spacial score (nSPS) is 12.2. The van der Waals surface area contributed by atoms with Gasteiger partial charge >= 0.3 is 0 Å². The van der Waals surface area contributed by atoms with E-state index in [4.69, 9.17) is 10.5 Å². The topological polar surface area (TPSA) is 35.2 Å². The summed E-state index contributed by atoms with van der Waals surface area (Å²) in [4.78, 5) is 0. The molecule has 0 spiro atoms. The number of aryl methyl sites for hydroxylation is 1. The minimum atomic E-state index is -0.228. The van der Waals surface area contributed by atoms with Crippen molar-refractivity contribution in [2.75, 3.05) is 0 Å². The van der Waals surface area contributed by atoms with Crippen molar-refractivity contribution in [1.29, 1.82) is 0 Å². The number of halogens is 1. The van der Waals surface area contributed by atoms with Crippen LogP contribution >= 0.6 is 0 Å². The van der Waals surface area contributed by atoms with Crippen LogP contribution in [0.3, 0.4) is 0 Å². The van der Waals surface area contributed by atoms with E-state index in [-0.39, 0.29) is 11.9 Å².